The van der Waals surface area contributed by atoms with Crippen LogP contribution < -0.4 is 10.1 Å². The second-order valence-electron chi connectivity index (χ2n) is 6.24. The van der Waals surface area contributed by atoms with E-state index in [1.807, 2.05) is 4.90 Å². The summed E-state index contributed by atoms with van der Waals surface area (Å²) < 4.78 is 28.7. The fourth-order valence-corrected chi connectivity index (χ4v) is 2.44. The smallest absolute Gasteiger partial charge is 0.387 e. The lowest BCUT2D eigenvalue weighted by atomic mass is 10.1. The van der Waals surface area contributed by atoms with E-state index in [0.717, 1.165) is 5.56 Å². The molecule has 1 N–H and O–H groups in total. The number of benzene rings is 2. The van der Waals surface area contributed by atoms with Crippen molar-refractivity contribution in [3.05, 3.63) is 59.7 Å². The van der Waals surface area contributed by atoms with Crippen molar-refractivity contribution in [2.24, 2.45) is 0 Å². The van der Waals surface area contributed by atoms with Gasteiger partial charge in [0.05, 0.1) is 6.04 Å². The van der Waals surface area contributed by atoms with Crippen molar-refractivity contribution in [1.82, 2.24) is 4.90 Å². The molecule has 1 amide bonds. The van der Waals surface area contributed by atoms with Gasteiger partial charge >= 0.3 is 6.61 Å². The highest BCUT2D eigenvalue weighted by atomic mass is 19.3. The molecule has 0 heterocycles. The molecular formula is C20H22F2N2O3. The Bertz CT molecular complexity index is 777. The number of hydrogen-bond acceptors (Lipinski definition) is 4. The number of halogens is 2. The molecule has 2 aromatic rings. The van der Waals surface area contributed by atoms with Gasteiger partial charge in [0.2, 0.25) is 5.91 Å². The molecule has 0 saturated heterocycles. The second-order valence-corrected chi connectivity index (χ2v) is 6.24. The van der Waals surface area contributed by atoms with Crippen LogP contribution in [0.5, 0.6) is 5.75 Å². The number of nitrogens with zero attached hydrogens (tertiary/aromatic N) is 1. The van der Waals surface area contributed by atoms with E-state index in [0.29, 0.717) is 17.8 Å². The Morgan fingerprint density at radius 1 is 1.07 bits per heavy atom. The zero-order chi connectivity index (χ0) is 20.0. The van der Waals surface area contributed by atoms with E-state index in [-0.39, 0.29) is 17.4 Å². The number of amides is 1. The first-order valence-electron chi connectivity index (χ1n) is 8.42. The quantitative estimate of drug-likeness (QED) is 0.709. The summed E-state index contributed by atoms with van der Waals surface area (Å²) in [4.78, 5) is 25.5. The number of hydrogen-bond donors (Lipinski definition) is 1. The van der Waals surface area contributed by atoms with Gasteiger partial charge in [-0.1, -0.05) is 12.1 Å². The van der Waals surface area contributed by atoms with E-state index in [1.54, 1.807) is 50.4 Å². The zero-order valence-corrected chi connectivity index (χ0v) is 15.4. The van der Waals surface area contributed by atoms with Crippen molar-refractivity contribution >= 4 is 17.4 Å². The van der Waals surface area contributed by atoms with Gasteiger partial charge in [0.1, 0.15) is 5.75 Å². The van der Waals surface area contributed by atoms with Crippen molar-refractivity contribution in [3.63, 3.8) is 0 Å². The first kappa shape index (κ1) is 20.5. The number of Topliss-reactive ketones (excluding diaryl/α,β-unsaturated/α-hetero) is 1. The van der Waals surface area contributed by atoms with Crippen LogP contribution in [0.2, 0.25) is 0 Å². The Labute approximate surface area is 156 Å². The molecule has 2 rings (SSSR count). The van der Waals surface area contributed by atoms with Crippen LogP contribution in [0.25, 0.3) is 0 Å². The maximum atomic E-state index is 12.4. The van der Waals surface area contributed by atoms with Crippen molar-refractivity contribution in [3.8, 4) is 5.75 Å². The molecule has 0 aliphatic heterocycles. The number of carbonyl (C=O) groups excluding carboxylic acids is 2. The fraction of sp³-hybridized carbons (Fsp3) is 0.300. The summed E-state index contributed by atoms with van der Waals surface area (Å²) in [5, 5.41) is 2.81. The molecule has 0 aromatic heterocycles. The lowest BCUT2D eigenvalue weighted by Crippen LogP contribution is -2.39. The van der Waals surface area contributed by atoms with Crippen molar-refractivity contribution in [2.75, 3.05) is 12.4 Å². The molecule has 0 radical (unpaired) electrons. The van der Waals surface area contributed by atoms with Crippen LogP contribution >= 0.6 is 0 Å². The first-order valence-corrected chi connectivity index (χ1v) is 8.42. The monoisotopic (exact) mass is 376 g/mol. The summed E-state index contributed by atoms with van der Waals surface area (Å²) in [6.45, 7) is 0.865. The van der Waals surface area contributed by atoms with Gasteiger partial charge in [0.15, 0.2) is 5.78 Å². The minimum atomic E-state index is -2.85. The van der Waals surface area contributed by atoms with Gasteiger partial charge in [-0.25, -0.2) is 0 Å². The SMILES string of the molecule is CC(=O)c1ccc(NC(=O)C(C)N(C)Cc2ccc(OC(F)F)cc2)cc1. The summed E-state index contributed by atoms with van der Waals surface area (Å²) in [6, 6.07) is 12.6. The number of alkyl halides is 2. The summed E-state index contributed by atoms with van der Waals surface area (Å²) >= 11 is 0. The molecule has 0 saturated carbocycles. The second kappa shape index (κ2) is 9.23. The Morgan fingerprint density at radius 3 is 2.19 bits per heavy atom. The van der Waals surface area contributed by atoms with Crippen LogP contribution in [0.15, 0.2) is 48.5 Å². The van der Waals surface area contributed by atoms with E-state index in [4.69, 9.17) is 0 Å². The third-order valence-electron chi connectivity index (χ3n) is 4.18. The normalized spacial score (nSPS) is 12.1. The highest BCUT2D eigenvalue weighted by Crippen LogP contribution is 2.17. The van der Waals surface area contributed by atoms with E-state index in [9.17, 15) is 18.4 Å². The summed E-state index contributed by atoms with van der Waals surface area (Å²) in [6.07, 6.45) is 0. The first-order chi connectivity index (χ1) is 12.8. The van der Waals surface area contributed by atoms with E-state index in [2.05, 4.69) is 10.1 Å². The number of ether oxygens (including phenoxy) is 1. The van der Waals surface area contributed by atoms with Gasteiger partial charge in [0.25, 0.3) is 0 Å². The highest BCUT2D eigenvalue weighted by Gasteiger charge is 2.18. The number of ketones is 1. The fourth-order valence-electron chi connectivity index (χ4n) is 2.44. The van der Waals surface area contributed by atoms with Gasteiger partial charge in [0, 0.05) is 17.8 Å². The molecule has 0 aliphatic rings. The Morgan fingerprint density at radius 2 is 1.67 bits per heavy atom. The number of rotatable bonds is 8. The largest absolute Gasteiger partial charge is 0.435 e. The molecule has 0 aliphatic carbocycles. The Balaban J connectivity index is 1.92. The molecule has 144 valence electrons. The van der Waals surface area contributed by atoms with E-state index >= 15 is 0 Å². The lowest BCUT2D eigenvalue weighted by Gasteiger charge is -2.24. The lowest BCUT2D eigenvalue weighted by molar-refractivity contribution is -0.120. The maximum Gasteiger partial charge on any atom is 0.387 e. The van der Waals surface area contributed by atoms with Crippen molar-refractivity contribution < 1.29 is 23.1 Å². The van der Waals surface area contributed by atoms with Crippen molar-refractivity contribution in [2.45, 2.75) is 33.0 Å². The average molecular weight is 376 g/mol. The van der Waals surface area contributed by atoms with Gasteiger partial charge in [-0.15, -0.1) is 0 Å². The Kier molecular flexibility index (Phi) is 7.01. The van der Waals surface area contributed by atoms with E-state index < -0.39 is 12.7 Å². The van der Waals surface area contributed by atoms with Gasteiger partial charge in [-0.05, 0) is 62.9 Å². The summed E-state index contributed by atoms with van der Waals surface area (Å²) in [5.41, 5.74) is 2.06. The van der Waals surface area contributed by atoms with Gasteiger partial charge < -0.3 is 10.1 Å². The number of carbonyl (C=O) groups is 2. The molecule has 2 aromatic carbocycles. The minimum absolute atomic E-state index is 0.0362. The topological polar surface area (TPSA) is 58.6 Å². The van der Waals surface area contributed by atoms with Crippen LogP contribution in [0.3, 0.4) is 0 Å². The van der Waals surface area contributed by atoms with Crippen LogP contribution in [0.4, 0.5) is 14.5 Å². The van der Waals surface area contributed by atoms with Crippen LogP contribution in [0.1, 0.15) is 29.8 Å². The number of likely N-dealkylation sites (N-methyl/N-ethyl adjacent to an activating group) is 1. The van der Waals surface area contributed by atoms with Crippen LogP contribution in [-0.4, -0.2) is 36.3 Å². The highest BCUT2D eigenvalue weighted by molar-refractivity contribution is 5.96. The third-order valence-corrected chi connectivity index (χ3v) is 4.18. The van der Waals surface area contributed by atoms with Gasteiger partial charge in [-0.3, -0.25) is 14.5 Å². The average Bonchev–Trinajstić information content (AvgIpc) is 2.62. The van der Waals surface area contributed by atoms with Crippen LogP contribution in [-0.2, 0) is 11.3 Å². The zero-order valence-electron chi connectivity index (χ0n) is 15.4. The molecular weight excluding hydrogens is 354 g/mol. The molecule has 0 bridgehead atoms. The summed E-state index contributed by atoms with van der Waals surface area (Å²) in [7, 11) is 1.80. The maximum absolute atomic E-state index is 12.4. The predicted molar refractivity (Wildman–Crippen MR) is 99.1 cm³/mol. The number of nitrogens with one attached hydrogen (secondary N) is 1. The van der Waals surface area contributed by atoms with Crippen LogP contribution in [0, 0.1) is 0 Å². The molecule has 27 heavy (non-hydrogen) atoms. The molecule has 0 spiro atoms. The molecule has 1 unspecified atom stereocenters. The molecule has 0 fully saturated rings. The van der Waals surface area contributed by atoms with Crippen molar-refractivity contribution in [1.29, 1.82) is 0 Å². The third kappa shape index (κ3) is 6.14. The molecule has 7 heteroatoms. The van der Waals surface area contributed by atoms with Gasteiger partial charge in [-0.2, -0.15) is 8.78 Å². The Hall–Kier alpha value is -2.80. The standard InChI is InChI=1S/C20H22F2N2O3/c1-13(19(26)23-17-8-6-16(7-9-17)14(2)25)24(3)12-15-4-10-18(11-5-15)27-20(21)22/h4-11,13,20H,12H2,1-3H3,(H,23,26). The minimum Gasteiger partial charge on any atom is -0.435 e. The summed E-state index contributed by atoms with van der Waals surface area (Å²) in [5.74, 6) is -0.132. The van der Waals surface area contributed by atoms with E-state index in [1.165, 1.54) is 19.1 Å². The molecule has 1 atom stereocenters. The predicted octanol–water partition coefficient (Wildman–Crippen LogP) is 3.95. The number of anilines is 1. The molecule has 5 nitrogen and oxygen atoms in total.